The molecule has 1 unspecified atom stereocenters. The van der Waals surface area contributed by atoms with Gasteiger partial charge in [-0.1, -0.05) is 64.7 Å². The predicted molar refractivity (Wildman–Crippen MR) is 71.1 cm³/mol. The Balaban J connectivity index is 2.33. The van der Waals surface area contributed by atoms with Crippen LogP contribution < -0.4 is 0 Å². The summed E-state index contributed by atoms with van der Waals surface area (Å²) in [5, 5.41) is 9.02. The monoisotopic (exact) mass is 240 g/mol. The molecule has 1 saturated carbocycles. The van der Waals surface area contributed by atoms with E-state index >= 15 is 0 Å². The molecule has 0 saturated heterocycles. The number of carboxylic acids is 1. The first kappa shape index (κ1) is 14.5. The third-order valence-corrected chi connectivity index (χ3v) is 4.18. The van der Waals surface area contributed by atoms with E-state index < -0.39 is 5.97 Å². The molecule has 0 aromatic rings. The van der Waals surface area contributed by atoms with E-state index in [1.165, 1.54) is 57.8 Å². The van der Waals surface area contributed by atoms with E-state index in [0.29, 0.717) is 18.3 Å². The van der Waals surface area contributed by atoms with Gasteiger partial charge in [-0.2, -0.15) is 0 Å². The summed E-state index contributed by atoms with van der Waals surface area (Å²) in [6.07, 6.45) is 13.1. The van der Waals surface area contributed by atoms with Crippen LogP contribution in [0.3, 0.4) is 0 Å². The lowest BCUT2D eigenvalue weighted by molar-refractivity contribution is -0.138. The molecule has 100 valence electrons. The average Bonchev–Trinajstić information content (AvgIpc) is 2.34. The normalized spacial score (nSPS) is 19.1. The van der Waals surface area contributed by atoms with Crippen LogP contribution in [-0.4, -0.2) is 11.1 Å². The summed E-state index contributed by atoms with van der Waals surface area (Å²) in [7, 11) is 0. The molecule has 0 amide bonds. The van der Waals surface area contributed by atoms with Crippen LogP contribution >= 0.6 is 0 Å². The van der Waals surface area contributed by atoms with Crippen LogP contribution in [-0.2, 0) is 4.79 Å². The van der Waals surface area contributed by atoms with Crippen molar-refractivity contribution < 1.29 is 9.90 Å². The molecule has 0 heterocycles. The largest absolute Gasteiger partial charge is 0.481 e. The zero-order valence-electron chi connectivity index (χ0n) is 11.3. The lowest BCUT2D eigenvalue weighted by Gasteiger charge is -2.29. The minimum atomic E-state index is -0.601. The second-order valence-corrected chi connectivity index (χ2v) is 5.61. The average molecular weight is 240 g/mol. The molecule has 1 rings (SSSR count). The van der Waals surface area contributed by atoms with Gasteiger partial charge in [-0.15, -0.1) is 0 Å². The zero-order chi connectivity index (χ0) is 12.5. The van der Waals surface area contributed by atoms with Gasteiger partial charge in [0, 0.05) is 6.42 Å². The summed E-state index contributed by atoms with van der Waals surface area (Å²) in [6, 6.07) is 0. The van der Waals surface area contributed by atoms with E-state index in [4.69, 9.17) is 5.11 Å². The van der Waals surface area contributed by atoms with Crippen LogP contribution in [0.25, 0.3) is 0 Å². The molecule has 0 spiro atoms. The first-order valence-electron chi connectivity index (χ1n) is 7.45. The van der Waals surface area contributed by atoms with Gasteiger partial charge in [0.15, 0.2) is 0 Å². The molecule has 1 N–H and O–H groups in total. The maximum Gasteiger partial charge on any atom is 0.303 e. The summed E-state index contributed by atoms with van der Waals surface area (Å²) in [5.74, 6) is 0.544. The topological polar surface area (TPSA) is 37.3 Å². The Bertz CT molecular complexity index is 207. The highest BCUT2D eigenvalue weighted by molar-refractivity contribution is 5.67. The van der Waals surface area contributed by atoms with Crippen LogP contribution in [0, 0.1) is 11.8 Å². The number of rotatable bonds is 8. The summed E-state index contributed by atoms with van der Waals surface area (Å²) in [5.41, 5.74) is 0. The molecule has 0 radical (unpaired) electrons. The third-order valence-electron chi connectivity index (χ3n) is 4.18. The van der Waals surface area contributed by atoms with E-state index in [9.17, 15) is 4.79 Å². The second-order valence-electron chi connectivity index (χ2n) is 5.61. The lowest BCUT2D eigenvalue weighted by atomic mass is 9.76. The van der Waals surface area contributed by atoms with Crippen molar-refractivity contribution in [1.82, 2.24) is 0 Å². The molecule has 1 aliphatic carbocycles. The molecule has 0 aliphatic heterocycles. The van der Waals surface area contributed by atoms with Crippen molar-refractivity contribution in [2.75, 3.05) is 0 Å². The third kappa shape index (κ3) is 6.09. The molecule has 2 heteroatoms. The molecule has 0 bridgehead atoms. The fraction of sp³-hybridized carbons (Fsp3) is 0.933. The van der Waals surface area contributed by atoms with Crippen LogP contribution in [0.5, 0.6) is 0 Å². The molecule has 1 aliphatic rings. The van der Waals surface area contributed by atoms with Crippen molar-refractivity contribution in [3.8, 4) is 0 Å². The highest BCUT2D eigenvalue weighted by atomic mass is 16.4. The predicted octanol–water partition coefficient (Wildman–Crippen LogP) is 4.63. The van der Waals surface area contributed by atoms with Crippen LogP contribution in [0.2, 0.25) is 0 Å². The Hall–Kier alpha value is -0.530. The van der Waals surface area contributed by atoms with Crippen LogP contribution in [0.1, 0.15) is 77.6 Å². The number of hydrogen-bond donors (Lipinski definition) is 1. The lowest BCUT2D eigenvalue weighted by Crippen LogP contribution is -2.21. The maximum atomic E-state index is 10.9. The highest BCUT2D eigenvalue weighted by Gasteiger charge is 2.25. The highest BCUT2D eigenvalue weighted by Crippen LogP contribution is 2.34. The second kappa shape index (κ2) is 8.54. The number of unbranched alkanes of at least 4 members (excludes halogenated alkanes) is 3. The Labute approximate surface area is 106 Å². The number of carboxylic acid groups (broad SMARTS) is 1. The van der Waals surface area contributed by atoms with E-state index in [0.717, 1.165) is 6.42 Å². The van der Waals surface area contributed by atoms with Gasteiger partial charge in [0.1, 0.15) is 0 Å². The Morgan fingerprint density at radius 2 is 1.88 bits per heavy atom. The minimum absolute atomic E-state index is 0.400. The van der Waals surface area contributed by atoms with Gasteiger partial charge >= 0.3 is 5.97 Å². The first-order valence-corrected chi connectivity index (χ1v) is 7.45. The fourth-order valence-corrected chi connectivity index (χ4v) is 3.17. The Morgan fingerprint density at radius 3 is 2.47 bits per heavy atom. The van der Waals surface area contributed by atoms with Gasteiger partial charge in [0.2, 0.25) is 0 Å². The summed E-state index contributed by atoms with van der Waals surface area (Å²) in [6.45, 7) is 2.22. The van der Waals surface area contributed by atoms with E-state index in [-0.39, 0.29) is 0 Å². The van der Waals surface area contributed by atoms with Gasteiger partial charge in [0.05, 0.1) is 0 Å². The number of aliphatic carboxylic acids is 1. The molecule has 17 heavy (non-hydrogen) atoms. The van der Waals surface area contributed by atoms with Gasteiger partial charge < -0.3 is 5.11 Å². The zero-order valence-corrected chi connectivity index (χ0v) is 11.3. The van der Waals surface area contributed by atoms with Crippen molar-refractivity contribution in [3.05, 3.63) is 0 Å². The standard InChI is InChI=1S/C15H28O2/c1-2-3-4-6-11-14(12-15(16)17)13-9-7-5-8-10-13/h13-14H,2-12H2,1H3,(H,16,17). The van der Waals surface area contributed by atoms with Gasteiger partial charge in [-0.05, 0) is 18.3 Å². The van der Waals surface area contributed by atoms with Crippen molar-refractivity contribution in [2.45, 2.75) is 77.6 Å². The SMILES string of the molecule is CCCCCCC(CC(=O)O)C1CCCCC1. The molecular formula is C15H28O2. The van der Waals surface area contributed by atoms with E-state index in [2.05, 4.69) is 6.92 Å². The van der Waals surface area contributed by atoms with Gasteiger partial charge in [-0.3, -0.25) is 4.79 Å². The smallest absolute Gasteiger partial charge is 0.303 e. The summed E-state index contributed by atoms with van der Waals surface area (Å²) in [4.78, 5) is 10.9. The molecule has 1 atom stereocenters. The first-order chi connectivity index (χ1) is 8.24. The van der Waals surface area contributed by atoms with Crippen molar-refractivity contribution in [2.24, 2.45) is 11.8 Å². The maximum absolute atomic E-state index is 10.9. The molecule has 0 aromatic carbocycles. The van der Waals surface area contributed by atoms with Crippen molar-refractivity contribution in [1.29, 1.82) is 0 Å². The minimum Gasteiger partial charge on any atom is -0.481 e. The number of carbonyl (C=O) groups is 1. The summed E-state index contributed by atoms with van der Waals surface area (Å²) < 4.78 is 0. The van der Waals surface area contributed by atoms with Crippen molar-refractivity contribution >= 4 is 5.97 Å². The van der Waals surface area contributed by atoms with E-state index in [1.807, 2.05) is 0 Å². The van der Waals surface area contributed by atoms with E-state index in [1.54, 1.807) is 0 Å². The molecule has 2 nitrogen and oxygen atoms in total. The van der Waals surface area contributed by atoms with Crippen molar-refractivity contribution in [3.63, 3.8) is 0 Å². The quantitative estimate of drug-likeness (QED) is 0.628. The van der Waals surface area contributed by atoms with Crippen LogP contribution in [0.15, 0.2) is 0 Å². The molecular weight excluding hydrogens is 212 g/mol. The Morgan fingerprint density at radius 1 is 1.18 bits per heavy atom. The number of hydrogen-bond acceptors (Lipinski definition) is 1. The molecule has 0 aromatic heterocycles. The van der Waals surface area contributed by atoms with Gasteiger partial charge in [0.25, 0.3) is 0 Å². The summed E-state index contributed by atoms with van der Waals surface area (Å²) >= 11 is 0. The molecule has 1 fully saturated rings. The van der Waals surface area contributed by atoms with Gasteiger partial charge in [-0.25, -0.2) is 0 Å². The fourth-order valence-electron chi connectivity index (χ4n) is 3.17. The Kier molecular flexibility index (Phi) is 7.30. The van der Waals surface area contributed by atoms with Crippen LogP contribution in [0.4, 0.5) is 0 Å².